The first kappa shape index (κ1) is 40.3. The van der Waals surface area contributed by atoms with Crippen molar-refractivity contribution in [2.45, 2.75) is 64.1 Å². The van der Waals surface area contributed by atoms with Crippen LogP contribution in [0.15, 0.2) is 103 Å². The number of unbranched alkanes of at least 4 members (excludes halogenated alkanes) is 3. The molecular formula is C40H46F3N3O5. The summed E-state index contributed by atoms with van der Waals surface area (Å²) < 4.78 is 31.7. The summed E-state index contributed by atoms with van der Waals surface area (Å²) in [5.74, 6) is -2.46. The number of aliphatic carboxylic acids is 1. The van der Waals surface area contributed by atoms with Gasteiger partial charge in [0.1, 0.15) is 5.75 Å². The van der Waals surface area contributed by atoms with Gasteiger partial charge in [-0.3, -0.25) is 9.59 Å². The highest BCUT2D eigenvalue weighted by Gasteiger charge is 2.38. The van der Waals surface area contributed by atoms with Crippen LogP contribution in [0.2, 0.25) is 0 Å². The molecule has 272 valence electrons. The molecule has 0 saturated heterocycles. The molecule has 0 aliphatic rings. The van der Waals surface area contributed by atoms with Crippen LogP contribution in [0.1, 0.15) is 65.6 Å². The number of nitrogens with one attached hydrogen (secondary N) is 1. The largest absolute Gasteiger partial charge is 0.508 e. The second-order valence-corrected chi connectivity index (χ2v) is 12.1. The number of carbonyl (C=O) groups is 3. The van der Waals surface area contributed by atoms with E-state index in [2.05, 4.69) is 29.6 Å². The van der Waals surface area contributed by atoms with Crippen molar-refractivity contribution in [1.82, 2.24) is 10.2 Å². The average Bonchev–Trinajstić information content (AvgIpc) is 3.12. The smallest absolute Gasteiger partial charge is 0.490 e. The Morgan fingerprint density at radius 1 is 0.706 bits per heavy atom. The Kier molecular flexibility index (Phi) is 16.7. The van der Waals surface area contributed by atoms with Crippen molar-refractivity contribution in [2.24, 2.45) is 5.73 Å². The highest BCUT2D eigenvalue weighted by molar-refractivity contribution is 5.95. The van der Waals surface area contributed by atoms with Gasteiger partial charge in [0.2, 0.25) is 5.91 Å². The third kappa shape index (κ3) is 15.1. The number of carboxylic acid groups (broad SMARTS) is 1. The van der Waals surface area contributed by atoms with Gasteiger partial charge in [0.05, 0.1) is 0 Å². The fourth-order valence-corrected chi connectivity index (χ4v) is 5.30. The van der Waals surface area contributed by atoms with Gasteiger partial charge in [0.15, 0.2) is 0 Å². The number of aryl methyl sites for hydroxylation is 1. The zero-order chi connectivity index (χ0) is 37.1. The predicted octanol–water partition coefficient (Wildman–Crippen LogP) is 7.54. The number of nitrogens with zero attached hydrogens (tertiary/aromatic N) is 1. The summed E-state index contributed by atoms with van der Waals surface area (Å²) in [6.07, 6.45) is 1.88. The SMILES string of the molecule is NCCCCCCNC(=O)c1cccc(-c2cccc(CN(CCc3ccc(O)cc3)C(=O)CCCc3ccccc3)c2)c1.O=C(O)C(F)(F)F. The number of phenols is 1. The summed E-state index contributed by atoms with van der Waals surface area (Å²) in [5, 5.41) is 19.8. The molecule has 0 spiro atoms. The summed E-state index contributed by atoms with van der Waals surface area (Å²) in [7, 11) is 0. The fraction of sp³-hybridized carbons (Fsp3) is 0.325. The van der Waals surface area contributed by atoms with Crippen molar-refractivity contribution in [2.75, 3.05) is 19.6 Å². The minimum atomic E-state index is -5.08. The monoisotopic (exact) mass is 705 g/mol. The molecule has 5 N–H and O–H groups in total. The number of halogens is 3. The molecule has 0 aromatic heterocycles. The molecule has 4 aromatic carbocycles. The first-order chi connectivity index (χ1) is 24.5. The normalized spacial score (nSPS) is 10.9. The van der Waals surface area contributed by atoms with E-state index in [0.29, 0.717) is 44.6 Å². The summed E-state index contributed by atoms with van der Waals surface area (Å²) in [6, 6.07) is 33.4. The molecule has 0 fully saturated rings. The van der Waals surface area contributed by atoms with Gasteiger partial charge in [-0.15, -0.1) is 0 Å². The Bertz CT molecular complexity index is 1660. The van der Waals surface area contributed by atoms with E-state index in [1.165, 1.54) is 5.56 Å². The predicted molar refractivity (Wildman–Crippen MR) is 192 cm³/mol. The van der Waals surface area contributed by atoms with Crippen LogP contribution in [0.4, 0.5) is 13.2 Å². The van der Waals surface area contributed by atoms with Crippen LogP contribution < -0.4 is 11.1 Å². The molecule has 4 aromatic rings. The van der Waals surface area contributed by atoms with Gasteiger partial charge >= 0.3 is 12.1 Å². The first-order valence-corrected chi connectivity index (χ1v) is 17.0. The lowest BCUT2D eigenvalue weighted by atomic mass is 10.0. The molecule has 0 unspecified atom stereocenters. The van der Waals surface area contributed by atoms with E-state index in [4.69, 9.17) is 15.6 Å². The third-order valence-electron chi connectivity index (χ3n) is 8.08. The molecule has 51 heavy (non-hydrogen) atoms. The molecule has 0 radical (unpaired) electrons. The molecular weight excluding hydrogens is 659 g/mol. The zero-order valence-corrected chi connectivity index (χ0v) is 28.6. The Balaban J connectivity index is 0.000000908. The Hall–Kier alpha value is -5.16. The van der Waals surface area contributed by atoms with Crippen LogP contribution in [0.3, 0.4) is 0 Å². The summed E-state index contributed by atoms with van der Waals surface area (Å²) in [6.45, 7) is 2.45. The molecule has 4 rings (SSSR count). The van der Waals surface area contributed by atoms with E-state index in [1.54, 1.807) is 12.1 Å². The number of carbonyl (C=O) groups excluding carboxylic acids is 2. The molecule has 8 nitrogen and oxygen atoms in total. The standard InChI is InChI=1S/C38H45N3O3.C2HF3O2/c39-24-6-1-2-7-25-40-38(44)35-17-10-16-34(28-35)33-15-8-14-32(27-33)29-41(26-23-31-19-21-36(42)22-20-31)37(43)18-9-13-30-11-4-3-5-12-30;3-2(4,5)1(6)7/h3-5,8,10-12,14-17,19-22,27-28,42H,1-2,6-7,9,13,18,23-26,29,39H2,(H,40,44);(H,6,7). The topological polar surface area (TPSA) is 133 Å². The highest BCUT2D eigenvalue weighted by atomic mass is 19.4. The van der Waals surface area contributed by atoms with Crippen LogP contribution in [0.25, 0.3) is 11.1 Å². The molecule has 0 saturated carbocycles. The fourth-order valence-electron chi connectivity index (χ4n) is 5.30. The minimum Gasteiger partial charge on any atom is -0.508 e. The maximum Gasteiger partial charge on any atom is 0.490 e. The number of nitrogens with two attached hydrogens (primary N) is 1. The van der Waals surface area contributed by atoms with Crippen LogP contribution in [0.5, 0.6) is 5.75 Å². The third-order valence-corrected chi connectivity index (χ3v) is 8.08. The molecule has 11 heteroatoms. The van der Waals surface area contributed by atoms with Crippen molar-refractivity contribution in [1.29, 1.82) is 0 Å². The zero-order valence-electron chi connectivity index (χ0n) is 28.6. The number of carboxylic acids is 1. The van der Waals surface area contributed by atoms with E-state index >= 15 is 0 Å². The van der Waals surface area contributed by atoms with E-state index in [1.807, 2.05) is 71.6 Å². The van der Waals surface area contributed by atoms with E-state index in [-0.39, 0.29) is 17.6 Å². The number of amides is 2. The van der Waals surface area contributed by atoms with Crippen molar-refractivity contribution >= 4 is 17.8 Å². The van der Waals surface area contributed by atoms with Gasteiger partial charge in [0, 0.05) is 31.6 Å². The lowest BCUT2D eigenvalue weighted by Crippen LogP contribution is -2.32. The number of rotatable bonds is 17. The molecule has 0 aliphatic heterocycles. The lowest BCUT2D eigenvalue weighted by molar-refractivity contribution is -0.192. The van der Waals surface area contributed by atoms with Gasteiger partial charge in [-0.25, -0.2) is 4.79 Å². The van der Waals surface area contributed by atoms with E-state index < -0.39 is 12.1 Å². The maximum atomic E-state index is 13.5. The van der Waals surface area contributed by atoms with Crippen molar-refractivity contribution < 1.29 is 37.8 Å². The Morgan fingerprint density at radius 3 is 1.98 bits per heavy atom. The number of benzene rings is 4. The van der Waals surface area contributed by atoms with Crippen molar-refractivity contribution in [3.8, 4) is 16.9 Å². The average molecular weight is 706 g/mol. The molecule has 0 bridgehead atoms. The van der Waals surface area contributed by atoms with Crippen LogP contribution in [-0.4, -0.2) is 58.7 Å². The van der Waals surface area contributed by atoms with E-state index in [9.17, 15) is 27.9 Å². The highest BCUT2D eigenvalue weighted by Crippen LogP contribution is 2.23. The molecule has 0 heterocycles. The van der Waals surface area contributed by atoms with Gasteiger partial charge in [-0.2, -0.15) is 13.2 Å². The lowest BCUT2D eigenvalue weighted by Gasteiger charge is -2.23. The summed E-state index contributed by atoms with van der Waals surface area (Å²) in [4.78, 5) is 37.1. The summed E-state index contributed by atoms with van der Waals surface area (Å²) in [5.41, 5.74) is 11.5. The quantitative estimate of drug-likeness (QED) is 0.0840. The van der Waals surface area contributed by atoms with Crippen molar-refractivity contribution in [3.63, 3.8) is 0 Å². The molecule has 0 aliphatic carbocycles. The van der Waals surface area contributed by atoms with E-state index in [0.717, 1.165) is 60.8 Å². The van der Waals surface area contributed by atoms with Gasteiger partial charge in [0.25, 0.3) is 5.91 Å². The van der Waals surface area contributed by atoms with Gasteiger partial charge in [-0.1, -0.05) is 85.6 Å². The number of alkyl halides is 3. The second kappa shape index (κ2) is 21.1. The molecule has 2 amide bonds. The first-order valence-electron chi connectivity index (χ1n) is 17.0. The van der Waals surface area contributed by atoms with Crippen LogP contribution in [0, 0.1) is 0 Å². The number of phenolic OH excluding ortho intramolecular Hbond substituents is 1. The minimum absolute atomic E-state index is 0.0664. The number of aromatic hydroxyl groups is 1. The van der Waals surface area contributed by atoms with Crippen molar-refractivity contribution in [3.05, 3.63) is 125 Å². The number of hydrogen-bond acceptors (Lipinski definition) is 5. The Morgan fingerprint density at radius 2 is 1.31 bits per heavy atom. The Labute approximate surface area is 297 Å². The molecule has 0 atom stereocenters. The van der Waals surface area contributed by atoms with Gasteiger partial charge in [-0.05, 0) is 96.8 Å². The van der Waals surface area contributed by atoms with Crippen LogP contribution >= 0.6 is 0 Å². The van der Waals surface area contributed by atoms with Gasteiger partial charge < -0.3 is 26.2 Å². The van der Waals surface area contributed by atoms with Crippen LogP contribution in [-0.2, 0) is 29.0 Å². The summed E-state index contributed by atoms with van der Waals surface area (Å²) >= 11 is 0. The second-order valence-electron chi connectivity index (χ2n) is 12.1. The maximum absolute atomic E-state index is 13.5. The number of hydrogen-bond donors (Lipinski definition) is 4.